The van der Waals surface area contributed by atoms with Crippen LogP contribution in [0.15, 0.2) is 47.4 Å². The zero-order valence-corrected chi connectivity index (χ0v) is 14.0. The first-order chi connectivity index (χ1) is 11.5. The second-order valence-electron chi connectivity index (χ2n) is 5.47. The molecule has 0 bridgehead atoms. The number of carbonyl (C=O) groups is 1. The lowest BCUT2D eigenvalue weighted by Crippen LogP contribution is -2.24. The van der Waals surface area contributed by atoms with E-state index in [2.05, 4.69) is 10.0 Å². The van der Waals surface area contributed by atoms with E-state index >= 15 is 0 Å². The molecule has 0 spiro atoms. The minimum Gasteiger partial charge on any atom is -0.493 e. The number of hydrogen-bond acceptors (Lipinski definition) is 4. The molecule has 0 aliphatic carbocycles. The molecule has 0 fully saturated rings. The number of nitrogens with one attached hydrogen (secondary N) is 2. The number of fused-ring (bicyclic) bond motifs is 1. The van der Waals surface area contributed by atoms with Crippen LogP contribution in [0.2, 0.25) is 0 Å². The molecule has 2 aromatic rings. The summed E-state index contributed by atoms with van der Waals surface area (Å²) in [5.41, 5.74) is 2.10. The van der Waals surface area contributed by atoms with E-state index in [0.717, 1.165) is 11.3 Å². The Labute approximate surface area is 140 Å². The average Bonchev–Trinajstić information content (AvgIpc) is 3.07. The van der Waals surface area contributed by atoms with E-state index in [9.17, 15) is 13.2 Å². The number of benzene rings is 2. The molecule has 0 radical (unpaired) electrons. The summed E-state index contributed by atoms with van der Waals surface area (Å²) in [5, 5.41) is 2.54. The highest BCUT2D eigenvalue weighted by atomic mass is 32.2. The van der Waals surface area contributed by atoms with Crippen molar-refractivity contribution in [2.24, 2.45) is 0 Å². The normalized spacial score (nSPS) is 13.2. The highest BCUT2D eigenvalue weighted by Crippen LogP contribution is 2.27. The molecule has 6 nitrogen and oxygen atoms in total. The fourth-order valence-corrected chi connectivity index (χ4v) is 3.63. The molecule has 0 unspecified atom stereocenters. The summed E-state index contributed by atoms with van der Waals surface area (Å²) in [7, 11) is -2.07. The van der Waals surface area contributed by atoms with Gasteiger partial charge in [-0.15, -0.1) is 0 Å². The third kappa shape index (κ3) is 3.42. The van der Waals surface area contributed by atoms with Gasteiger partial charge in [0.25, 0.3) is 5.91 Å². The Balaban J connectivity index is 1.75. The summed E-state index contributed by atoms with van der Waals surface area (Å²) < 4.78 is 32.9. The highest BCUT2D eigenvalue weighted by Gasteiger charge is 2.19. The van der Waals surface area contributed by atoms with Crippen molar-refractivity contribution in [1.29, 1.82) is 0 Å². The molecule has 0 atom stereocenters. The van der Waals surface area contributed by atoms with Crippen molar-refractivity contribution in [1.82, 2.24) is 10.0 Å². The van der Waals surface area contributed by atoms with Crippen LogP contribution in [0.4, 0.5) is 0 Å². The van der Waals surface area contributed by atoms with E-state index in [0.29, 0.717) is 24.2 Å². The van der Waals surface area contributed by atoms with Crippen LogP contribution >= 0.6 is 0 Å². The van der Waals surface area contributed by atoms with Gasteiger partial charge in [-0.1, -0.05) is 12.1 Å². The topological polar surface area (TPSA) is 84.5 Å². The number of ether oxygens (including phenoxy) is 1. The van der Waals surface area contributed by atoms with E-state index in [1.807, 2.05) is 0 Å². The van der Waals surface area contributed by atoms with Crippen LogP contribution in [0.5, 0.6) is 5.75 Å². The number of sulfonamides is 1. The number of amides is 1. The fraction of sp³-hybridized carbons (Fsp3) is 0.235. The molecule has 0 aromatic heterocycles. The van der Waals surface area contributed by atoms with Gasteiger partial charge < -0.3 is 10.1 Å². The first-order valence-electron chi connectivity index (χ1n) is 7.56. The van der Waals surface area contributed by atoms with Crippen LogP contribution < -0.4 is 14.8 Å². The van der Waals surface area contributed by atoms with Gasteiger partial charge in [0.1, 0.15) is 5.75 Å². The molecular formula is C17H18N2O4S. The summed E-state index contributed by atoms with van der Waals surface area (Å²) in [6.07, 6.45) is 0.715. The van der Waals surface area contributed by atoms with Crippen molar-refractivity contribution in [3.8, 4) is 5.75 Å². The van der Waals surface area contributed by atoms with Crippen LogP contribution in [0.1, 0.15) is 21.5 Å². The Kier molecular flexibility index (Phi) is 4.55. The lowest BCUT2D eigenvalue weighted by Gasteiger charge is -2.09. The maximum Gasteiger partial charge on any atom is 0.251 e. The monoisotopic (exact) mass is 346 g/mol. The summed E-state index contributed by atoms with van der Waals surface area (Å²) in [4.78, 5) is 11.9. The second-order valence-corrected chi connectivity index (χ2v) is 7.24. The molecule has 1 heterocycles. The minimum atomic E-state index is -3.62. The third-order valence-electron chi connectivity index (χ3n) is 3.85. The maximum absolute atomic E-state index is 12.4. The molecule has 0 saturated carbocycles. The van der Waals surface area contributed by atoms with Crippen molar-refractivity contribution in [3.05, 3.63) is 59.2 Å². The SMILES string of the molecule is CNC(=O)c1cccc(CNS(=O)(=O)c2ccc3c(c2)CCO3)c1. The van der Waals surface area contributed by atoms with Crippen LogP contribution in [0.3, 0.4) is 0 Å². The van der Waals surface area contributed by atoms with Crippen molar-refractivity contribution in [2.45, 2.75) is 17.9 Å². The average molecular weight is 346 g/mol. The smallest absolute Gasteiger partial charge is 0.251 e. The molecule has 1 aliphatic heterocycles. The van der Waals surface area contributed by atoms with Crippen molar-refractivity contribution in [3.63, 3.8) is 0 Å². The lowest BCUT2D eigenvalue weighted by atomic mass is 10.1. The summed E-state index contributed by atoms with van der Waals surface area (Å²) in [6, 6.07) is 11.7. The van der Waals surface area contributed by atoms with E-state index in [4.69, 9.17) is 4.74 Å². The molecule has 7 heteroatoms. The Bertz CT molecular complexity index is 878. The molecule has 3 rings (SSSR count). The van der Waals surface area contributed by atoms with Crippen molar-refractivity contribution >= 4 is 15.9 Å². The van der Waals surface area contributed by atoms with E-state index in [-0.39, 0.29) is 17.3 Å². The van der Waals surface area contributed by atoms with Crippen LogP contribution in [-0.4, -0.2) is 28.0 Å². The van der Waals surface area contributed by atoms with Gasteiger partial charge in [0.15, 0.2) is 0 Å². The predicted octanol–water partition coefficient (Wildman–Crippen LogP) is 1.46. The van der Waals surface area contributed by atoms with Gasteiger partial charge in [0.05, 0.1) is 11.5 Å². The minimum absolute atomic E-state index is 0.112. The van der Waals surface area contributed by atoms with Crippen molar-refractivity contribution < 1.29 is 17.9 Å². The molecule has 0 saturated heterocycles. The predicted molar refractivity (Wildman–Crippen MR) is 89.5 cm³/mol. The van der Waals surface area contributed by atoms with Gasteiger partial charge in [-0.3, -0.25) is 4.79 Å². The van der Waals surface area contributed by atoms with Gasteiger partial charge in [0.2, 0.25) is 10.0 Å². The van der Waals surface area contributed by atoms with Gasteiger partial charge in [-0.05, 0) is 41.5 Å². The Hall–Kier alpha value is -2.38. The van der Waals surface area contributed by atoms with Crippen molar-refractivity contribution in [2.75, 3.05) is 13.7 Å². The standard InChI is InChI=1S/C17H18N2O4S/c1-18-17(20)14-4-2-3-12(9-14)11-19-24(21,22)15-5-6-16-13(10-15)7-8-23-16/h2-6,9-10,19H,7-8,11H2,1H3,(H,18,20). The molecule has 2 aromatic carbocycles. The van der Waals surface area contributed by atoms with Crippen LogP contribution in [-0.2, 0) is 23.0 Å². The first-order valence-corrected chi connectivity index (χ1v) is 9.04. The van der Waals surface area contributed by atoms with E-state index in [1.54, 1.807) is 43.4 Å². The lowest BCUT2D eigenvalue weighted by molar-refractivity contribution is 0.0963. The molecule has 1 aliphatic rings. The molecule has 24 heavy (non-hydrogen) atoms. The zero-order chi connectivity index (χ0) is 17.2. The fourth-order valence-electron chi connectivity index (χ4n) is 2.56. The van der Waals surface area contributed by atoms with Gasteiger partial charge in [-0.25, -0.2) is 13.1 Å². The maximum atomic E-state index is 12.4. The van der Waals surface area contributed by atoms with Crippen LogP contribution in [0.25, 0.3) is 0 Å². The number of hydrogen-bond donors (Lipinski definition) is 2. The molecule has 126 valence electrons. The summed E-state index contributed by atoms with van der Waals surface area (Å²) >= 11 is 0. The number of rotatable bonds is 5. The largest absolute Gasteiger partial charge is 0.493 e. The number of carbonyl (C=O) groups excluding carboxylic acids is 1. The zero-order valence-electron chi connectivity index (χ0n) is 13.2. The molecule has 2 N–H and O–H groups in total. The third-order valence-corrected chi connectivity index (χ3v) is 5.25. The highest BCUT2D eigenvalue weighted by molar-refractivity contribution is 7.89. The van der Waals surface area contributed by atoms with E-state index in [1.165, 1.54) is 6.07 Å². The van der Waals surface area contributed by atoms with Crippen LogP contribution in [0, 0.1) is 0 Å². The summed E-state index contributed by atoms with van der Waals surface area (Å²) in [5.74, 6) is 0.533. The molecular weight excluding hydrogens is 328 g/mol. The first kappa shape index (κ1) is 16.5. The second kappa shape index (κ2) is 6.62. The Morgan fingerprint density at radius 3 is 2.83 bits per heavy atom. The van der Waals surface area contributed by atoms with Gasteiger partial charge in [0, 0.05) is 25.6 Å². The molecule has 1 amide bonds. The Morgan fingerprint density at radius 2 is 2.04 bits per heavy atom. The van der Waals surface area contributed by atoms with E-state index < -0.39 is 10.0 Å². The quantitative estimate of drug-likeness (QED) is 0.858. The van der Waals surface area contributed by atoms with Gasteiger partial charge in [-0.2, -0.15) is 0 Å². The summed E-state index contributed by atoms with van der Waals surface area (Å²) in [6.45, 7) is 0.694. The Morgan fingerprint density at radius 1 is 1.21 bits per heavy atom. The van der Waals surface area contributed by atoms with Gasteiger partial charge >= 0.3 is 0 Å².